The van der Waals surface area contributed by atoms with Crippen LogP contribution < -0.4 is 0 Å². The summed E-state index contributed by atoms with van der Waals surface area (Å²) in [5.41, 5.74) is 0.601. The molecule has 0 bridgehead atoms. The van der Waals surface area contributed by atoms with Crippen molar-refractivity contribution >= 4 is 5.91 Å². The molecule has 6 nitrogen and oxygen atoms in total. The first-order valence-corrected chi connectivity index (χ1v) is 3.40. The monoisotopic (exact) mass is 170 g/mol. The van der Waals surface area contributed by atoms with E-state index in [9.17, 15) is 4.79 Å². The van der Waals surface area contributed by atoms with Gasteiger partial charge in [-0.3, -0.25) is 14.7 Å². The van der Waals surface area contributed by atoms with Gasteiger partial charge in [-0.2, -0.15) is 0 Å². The topological polar surface area (TPSA) is 71.1 Å². The van der Waals surface area contributed by atoms with Gasteiger partial charge in [0.15, 0.2) is 0 Å². The lowest BCUT2D eigenvalue weighted by atomic mass is 10.3. The molecule has 0 aliphatic carbocycles. The number of likely N-dealkylation sites (N-methyl/N-ethyl adjacent to an activating group) is 1. The lowest BCUT2D eigenvalue weighted by Gasteiger charge is -2.11. The number of carbonyl (C=O) groups is 1. The molecule has 1 amide bonds. The van der Waals surface area contributed by atoms with Gasteiger partial charge in [-0.25, -0.2) is 5.06 Å². The third-order valence-corrected chi connectivity index (χ3v) is 1.42. The van der Waals surface area contributed by atoms with Gasteiger partial charge in [-0.15, -0.1) is 5.10 Å². The van der Waals surface area contributed by atoms with Crippen molar-refractivity contribution in [3.8, 4) is 0 Å². The van der Waals surface area contributed by atoms with Crippen LogP contribution in [0.3, 0.4) is 0 Å². The minimum atomic E-state index is -0.161. The Balaban J connectivity index is 2.47. The fraction of sp³-hybridized carbons (Fsp3) is 0.500. The molecule has 1 N–H and O–H groups in total. The van der Waals surface area contributed by atoms with E-state index < -0.39 is 0 Å². The highest BCUT2D eigenvalue weighted by atomic mass is 16.7. The molecule has 0 saturated carbocycles. The minimum Gasteiger partial charge on any atom is -0.275 e. The molecule has 1 aromatic heterocycles. The average molecular weight is 170 g/mol. The second-order valence-electron chi connectivity index (χ2n) is 2.22. The van der Waals surface area contributed by atoms with Gasteiger partial charge < -0.3 is 0 Å². The first kappa shape index (κ1) is 8.66. The van der Waals surface area contributed by atoms with Crippen LogP contribution in [-0.4, -0.2) is 40.5 Å². The van der Waals surface area contributed by atoms with Crippen molar-refractivity contribution in [1.29, 1.82) is 0 Å². The van der Waals surface area contributed by atoms with Gasteiger partial charge >= 0.3 is 0 Å². The quantitative estimate of drug-likeness (QED) is 0.613. The Hall–Kier alpha value is -1.43. The standard InChI is InChI=1S/C6H10N4O2/c1-10(12-2)6(11)3-5-4-7-9-8-5/h4H,3H2,1-2H3,(H,7,8,9). The van der Waals surface area contributed by atoms with Gasteiger partial charge in [0.1, 0.15) is 0 Å². The molecule has 1 aromatic rings. The van der Waals surface area contributed by atoms with Crippen LogP contribution in [0.4, 0.5) is 0 Å². The summed E-state index contributed by atoms with van der Waals surface area (Å²) >= 11 is 0. The summed E-state index contributed by atoms with van der Waals surface area (Å²) in [5.74, 6) is -0.161. The average Bonchev–Trinajstić information content (AvgIpc) is 2.55. The fourth-order valence-corrected chi connectivity index (χ4v) is 0.680. The van der Waals surface area contributed by atoms with Gasteiger partial charge in [-0.1, -0.05) is 5.21 Å². The molecule has 0 atom stereocenters. The number of nitrogens with zero attached hydrogens (tertiary/aromatic N) is 3. The Bertz CT molecular complexity index is 246. The van der Waals surface area contributed by atoms with Gasteiger partial charge in [0.05, 0.1) is 19.2 Å². The first-order valence-electron chi connectivity index (χ1n) is 3.40. The summed E-state index contributed by atoms with van der Waals surface area (Å²) < 4.78 is 0. The number of hydroxylamine groups is 2. The van der Waals surface area contributed by atoms with Crippen molar-refractivity contribution in [2.24, 2.45) is 0 Å². The van der Waals surface area contributed by atoms with Crippen LogP contribution in [0.15, 0.2) is 6.20 Å². The molecule has 0 saturated heterocycles. The number of hydrogen-bond donors (Lipinski definition) is 1. The van der Waals surface area contributed by atoms with E-state index in [2.05, 4.69) is 20.2 Å². The number of amides is 1. The summed E-state index contributed by atoms with van der Waals surface area (Å²) in [4.78, 5) is 15.8. The van der Waals surface area contributed by atoms with Crippen LogP contribution in [0.5, 0.6) is 0 Å². The first-order chi connectivity index (χ1) is 5.74. The highest BCUT2D eigenvalue weighted by Crippen LogP contribution is 1.94. The molecule has 1 heterocycles. The van der Waals surface area contributed by atoms with Crippen molar-refractivity contribution in [2.45, 2.75) is 6.42 Å². The molecule has 0 aliphatic rings. The highest BCUT2D eigenvalue weighted by molar-refractivity contribution is 5.76. The molecule has 0 fully saturated rings. The summed E-state index contributed by atoms with van der Waals surface area (Å²) in [6.45, 7) is 0. The van der Waals surface area contributed by atoms with Crippen molar-refractivity contribution in [2.75, 3.05) is 14.2 Å². The van der Waals surface area contributed by atoms with Gasteiger partial charge in [0, 0.05) is 13.2 Å². The van der Waals surface area contributed by atoms with Gasteiger partial charge in [-0.05, 0) is 0 Å². The summed E-state index contributed by atoms with van der Waals surface area (Å²) in [6, 6.07) is 0. The zero-order valence-corrected chi connectivity index (χ0v) is 6.94. The Morgan fingerprint density at radius 2 is 2.58 bits per heavy atom. The van der Waals surface area contributed by atoms with Gasteiger partial charge in [0.2, 0.25) is 0 Å². The van der Waals surface area contributed by atoms with Crippen LogP contribution in [0, 0.1) is 0 Å². The van der Waals surface area contributed by atoms with Crippen molar-refractivity contribution in [1.82, 2.24) is 20.5 Å². The van der Waals surface area contributed by atoms with Crippen LogP contribution >= 0.6 is 0 Å². The molecule has 0 radical (unpaired) electrons. The molecule has 6 heteroatoms. The van der Waals surface area contributed by atoms with E-state index in [0.29, 0.717) is 5.69 Å². The second-order valence-corrected chi connectivity index (χ2v) is 2.22. The van der Waals surface area contributed by atoms with Crippen molar-refractivity contribution in [3.63, 3.8) is 0 Å². The molecule has 0 spiro atoms. The van der Waals surface area contributed by atoms with E-state index in [-0.39, 0.29) is 12.3 Å². The molecular formula is C6H10N4O2. The summed E-state index contributed by atoms with van der Waals surface area (Å²) in [6.07, 6.45) is 1.77. The molecule has 66 valence electrons. The maximum atomic E-state index is 11.2. The number of aromatic nitrogens is 3. The Kier molecular flexibility index (Phi) is 2.76. The summed E-state index contributed by atoms with van der Waals surface area (Å²) in [5, 5.41) is 10.8. The maximum absolute atomic E-state index is 11.2. The van der Waals surface area contributed by atoms with E-state index >= 15 is 0 Å². The van der Waals surface area contributed by atoms with E-state index in [1.165, 1.54) is 7.11 Å². The third kappa shape index (κ3) is 2.03. The lowest BCUT2D eigenvalue weighted by molar-refractivity contribution is -0.167. The van der Waals surface area contributed by atoms with E-state index in [1.807, 2.05) is 0 Å². The predicted octanol–water partition coefficient (Wildman–Crippen LogP) is -0.633. The smallest absolute Gasteiger partial charge is 0.251 e. The van der Waals surface area contributed by atoms with Crippen molar-refractivity contribution < 1.29 is 9.63 Å². The highest BCUT2D eigenvalue weighted by Gasteiger charge is 2.09. The Morgan fingerprint density at radius 1 is 1.83 bits per heavy atom. The van der Waals surface area contributed by atoms with E-state index in [0.717, 1.165) is 5.06 Å². The maximum Gasteiger partial charge on any atom is 0.251 e. The number of hydrogen-bond acceptors (Lipinski definition) is 4. The Morgan fingerprint density at radius 3 is 3.08 bits per heavy atom. The molecule has 0 unspecified atom stereocenters. The number of nitrogens with one attached hydrogen (secondary N) is 1. The zero-order chi connectivity index (χ0) is 8.97. The number of carbonyl (C=O) groups excluding carboxylic acids is 1. The second kappa shape index (κ2) is 3.82. The normalized spacial score (nSPS) is 9.83. The van der Waals surface area contributed by atoms with Crippen LogP contribution in [0.1, 0.15) is 5.69 Å². The number of aromatic amines is 1. The van der Waals surface area contributed by atoms with E-state index in [1.54, 1.807) is 13.2 Å². The van der Waals surface area contributed by atoms with Crippen LogP contribution in [-0.2, 0) is 16.1 Å². The number of H-pyrrole nitrogens is 1. The molecule has 1 rings (SSSR count). The molecule has 0 aromatic carbocycles. The zero-order valence-electron chi connectivity index (χ0n) is 6.94. The molecule has 0 aliphatic heterocycles. The third-order valence-electron chi connectivity index (χ3n) is 1.42. The fourth-order valence-electron chi connectivity index (χ4n) is 0.680. The SMILES string of the molecule is CON(C)C(=O)Cc1c[nH]nn1. The van der Waals surface area contributed by atoms with Crippen LogP contribution in [0.25, 0.3) is 0 Å². The summed E-state index contributed by atoms with van der Waals surface area (Å²) in [7, 11) is 2.98. The van der Waals surface area contributed by atoms with Crippen molar-refractivity contribution in [3.05, 3.63) is 11.9 Å². The van der Waals surface area contributed by atoms with Gasteiger partial charge in [0.25, 0.3) is 5.91 Å². The predicted molar refractivity (Wildman–Crippen MR) is 39.9 cm³/mol. The molecule has 12 heavy (non-hydrogen) atoms. The largest absolute Gasteiger partial charge is 0.275 e. The molecular weight excluding hydrogens is 160 g/mol. The lowest BCUT2D eigenvalue weighted by Crippen LogP contribution is -2.27. The minimum absolute atomic E-state index is 0.161. The van der Waals surface area contributed by atoms with Crippen LogP contribution in [0.2, 0.25) is 0 Å². The number of rotatable bonds is 3. The Labute approximate surface area is 69.5 Å². The van der Waals surface area contributed by atoms with E-state index in [4.69, 9.17) is 0 Å².